The zero-order valence-corrected chi connectivity index (χ0v) is 11.1. The lowest BCUT2D eigenvalue weighted by Gasteiger charge is -2.33. The molecule has 102 valence electrons. The molecule has 0 aromatic heterocycles. The molecule has 1 amide bonds. The van der Waals surface area contributed by atoms with Crippen LogP contribution >= 0.6 is 0 Å². The minimum Gasteiger partial charge on any atom is -0.312 e. The van der Waals surface area contributed by atoms with Crippen LogP contribution in [0.1, 0.15) is 24.4 Å². The molecule has 1 heterocycles. The standard InChI is InChI=1S/C14H20N4O/c1-15-17-10-18(11-19)13-7-8-14(16-9-13)12-5-3-2-4-6-12/h2-6,10-11,13-16H,7-9H2,1H3/b17-10-. The van der Waals surface area contributed by atoms with Crippen molar-refractivity contribution in [2.45, 2.75) is 24.9 Å². The number of rotatable bonds is 5. The van der Waals surface area contributed by atoms with Gasteiger partial charge in [0, 0.05) is 19.6 Å². The van der Waals surface area contributed by atoms with Crippen LogP contribution in [0.2, 0.25) is 0 Å². The second kappa shape index (κ2) is 6.89. The van der Waals surface area contributed by atoms with Gasteiger partial charge in [0.25, 0.3) is 0 Å². The molecule has 0 aliphatic carbocycles. The Labute approximate surface area is 113 Å². The summed E-state index contributed by atoms with van der Waals surface area (Å²) in [5.41, 5.74) is 3.96. The number of carbonyl (C=O) groups excluding carboxylic acids is 1. The first-order valence-corrected chi connectivity index (χ1v) is 6.56. The second-order valence-corrected chi connectivity index (χ2v) is 4.62. The van der Waals surface area contributed by atoms with E-state index in [1.165, 1.54) is 5.56 Å². The summed E-state index contributed by atoms with van der Waals surface area (Å²) in [6.07, 6.45) is 4.37. The molecule has 0 bridgehead atoms. The maximum absolute atomic E-state index is 11.0. The summed E-state index contributed by atoms with van der Waals surface area (Å²) in [6, 6.07) is 11.0. The highest BCUT2D eigenvalue weighted by molar-refractivity contribution is 5.72. The van der Waals surface area contributed by atoms with Crippen LogP contribution < -0.4 is 10.7 Å². The van der Waals surface area contributed by atoms with Gasteiger partial charge >= 0.3 is 0 Å². The molecule has 1 aliphatic rings. The third-order valence-corrected chi connectivity index (χ3v) is 3.45. The van der Waals surface area contributed by atoms with Crippen LogP contribution in [0, 0.1) is 0 Å². The van der Waals surface area contributed by atoms with E-state index in [2.05, 4.69) is 40.1 Å². The van der Waals surface area contributed by atoms with Gasteiger partial charge in [-0.1, -0.05) is 30.3 Å². The highest BCUT2D eigenvalue weighted by Gasteiger charge is 2.24. The first kappa shape index (κ1) is 13.5. The number of hydrogen-bond donors (Lipinski definition) is 2. The number of amides is 1. The van der Waals surface area contributed by atoms with Crippen LogP contribution in [0.5, 0.6) is 0 Å². The van der Waals surface area contributed by atoms with Crippen molar-refractivity contribution in [2.24, 2.45) is 5.10 Å². The Balaban J connectivity index is 1.91. The zero-order valence-electron chi connectivity index (χ0n) is 11.1. The summed E-state index contributed by atoms with van der Waals surface area (Å²) in [5.74, 6) is 0. The quantitative estimate of drug-likeness (QED) is 0.361. The maximum Gasteiger partial charge on any atom is 0.215 e. The monoisotopic (exact) mass is 260 g/mol. The Bertz CT molecular complexity index is 413. The van der Waals surface area contributed by atoms with Gasteiger partial charge in [0.2, 0.25) is 6.41 Å². The van der Waals surface area contributed by atoms with E-state index < -0.39 is 0 Å². The van der Waals surface area contributed by atoms with Gasteiger partial charge in [-0.3, -0.25) is 9.69 Å². The van der Waals surface area contributed by atoms with E-state index in [0.29, 0.717) is 6.04 Å². The Morgan fingerprint density at radius 1 is 1.37 bits per heavy atom. The predicted molar refractivity (Wildman–Crippen MR) is 75.7 cm³/mol. The molecule has 2 atom stereocenters. The SMILES string of the molecule is CN/N=C\N(C=O)C1CCC(c2ccccc2)NC1. The Kier molecular flexibility index (Phi) is 4.92. The molecule has 19 heavy (non-hydrogen) atoms. The summed E-state index contributed by atoms with van der Waals surface area (Å²) in [5, 5.41) is 7.38. The van der Waals surface area contributed by atoms with Gasteiger partial charge in [-0.2, -0.15) is 5.10 Å². The summed E-state index contributed by atoms with van der Waals surface area (Å²) < 4.78 is 0. The Morgan fingerprint density at radius 3 is 2.74 bits per heavy atom. The van der Waals surface area contributed by atoms with Crippen molar-refractivity contribution in [3.63, 3.8) is 0 Å². The number of piperidine rings is 1. The summed E-state index contributed by atoms with van der Waals surface area (Å²) >= 11 is 0. The van der Waals surface area contributed by atoms with Gasteiger partial charge in [0.1, 0.15) is 6.34 Å². The van der Waals surface area contributed by atoms with Crippen LogP contribution in [0.3, 0.4) is 0 Å². The average molecular weight is 260 g/mol. The summed E-state index contributed by atoms with van der Waals surface area (Å²) in [4.78, 5) is 12.7. The highest BCUT2D eigenvalue weighted by atomic mass is 16.1. The molecule has 1 aliphatic heterocycles. The summed E-state index contributed by atoms with van der Waals surface area (Å²) in [7, 11) is 1.71. The number of nitrogens with one attached hydrogen (secondary N) is 2. The number of nitrogens with zero attached hydrogens (tertiary/aromatic N) is 2. The number of hydrogen-bond acceptors (Lipinski definition) is 4. The first-order valence-electron chi connectivity index (χ1n) is 6.56. The van der Waals surface area contributed by atoms with Crippen LogP contribution in [0.4, 0.5) is 0 Å². The van der Waals surface area contributed by atoms with Crippen molar-refractivity contribution >= 4 is 12.7 Å². The van der Waals surface area contributed by atoms with Crippen LogP contribution in [0.15, 0.2) is 35.4 Å². The predicted octanol–water partition coefficient (Wildman–Crippen LogP) is 1.10. The number of carbonyl (C=O) groups is 1. The van der Waals surface area contributed by atoms with E-state index in [1.807, 2.05) is 6.07 Å². The third kappa shape index (κ3) is 3.54. The Morgan fingerprint density at radius 2 is 2.16 bits per heavy atom. The van der Waals surface area contributed by atoms with Gasteiger partial charge in [-0.25, -0.2) is 0 Å². The topological polar surface area (TPSA) is 56.7 Å². The molecule has 2 N–H and O–H groups in total. The Hall–Kier alpha value is -1.88. The molecule has 2 unspecified atom stereocenters. The molecular weight excluding hydrogens is 240 g/mol. The lowest BCUT2D eigenvalue weighted by molar-refractivity contribution is -0.116. The summed E-state index contributed by atoms with van der Waals surface area (Å²) in [6.45, 7) is 0.786. The van der Waals surface area contributed by atoms with Gasteiger partial charge in [0.15, 0.2) is 0 Å². The molecule has 2 rings (SSSR count). The van der Waals surface area contributed by atoms with Crippen LogP contribution in [0.25, 0.3) is 0 Å². The lowest BCUT2D eigenvalue weighted by Crippen LogP contribution is -2.46. The van der Waals surface area contributed by atoms with E-state index in [-0.39, 0.29) is 6.04 Å². The van der Waals surface area contributed by atoms with E-state index in [0.717, 1.165) is 25.8 Å². The molecule has 5 heteroatoms. The zero-order chi connectivity index (χ0) is 13.5. The van der Waals surface area contributed by atoms with Crippen molar-refractivity contribution < 1.29 is 4.79 Å². The van der Waals surface area contributed by atoms with E-state index in [4.69, 9.17) is 0 Å². The minimum atomic E-state index is 0.176. The number of benzene rings is 1. The minimum absolute atomic E-state index is 0.176. The molecule has 1 aromatic rings. The normalized spacial score (nSPS) is 23.2. The number of hydrazone groups is 1. The van der Waals surface area contributed by atoms with Gasteiger partial charge in [0.05, 0.1) is 6.04 Å². The molecule has 0 spiro atoms. The molecule has 0 radical (unpaired) electrons. The van der Waals surface area contributed by atoms with E-state index in [1.54, 1.807) is 18.3 Å². The van der Waals surface area contributed by atoms with Crippen molar-refractivity contribution in [2.75, 3.05) is 13.6 Å². The lowest BCUT2D eigenvalue weighted by atomic mass is 9.94. The van der Waals surface area contributed by atoms with Crippen LogP contribution in [-0.4, -0.2) is 37.3 Å². The van der Waals surface area contributed by atoms with Gasteiger partial charge in [-0.15, -0.1) is 0 Å². The molecular formula is C14H20N4O. The molecule has 5 nitrogen and oxygen atoms in total. The van der Waals surface area contributed by atoms with Gasteiger partial charge in [-0.05, 0) is 18.4 Å². The van der Waals surface area contributed by atoms with E-state index >= 15 is 0 Å². The molecule has 0 saturated carbocycles. The average Bonchev–Trinajstić information content (AvgIpc) is 2.49. The van der Waals surface area contributed by atoms with Crippen molar-refractivity contribution in [1.82, 2.24) is 15.6 Å². The highest BCUT2D eigenvalue weighted by Crippen LogP contribution is 2.24. The molecule has 1 saturated heterocycles. The van der Waals surface area contributed by atoms with E-state index in [9.17, 15) is 4.79 Å². The van der Waals surface area contributed by atoms with Crippen LogP contribution in [-0.2, 0) is 4.79 Å². The smallest absolute Gasteiger partial charge is 0.215 e. The second-order valence-electron chi connectivity index (χ2n) is 4.62. The molecule has 1 aromatic carbocycles. The largest absolute Gasteiger partial charge is 0.312 e. The van der Waals surface area contributed by atoms with Crippen molar-refractivity contribution in [3.05, 3.63) is 35.9 Å². The fraction of sp³-hybridized carbons (Fsp3) is 0.429. The first-order chi connectivity index (χ1) is 9.35. The third-order valence-electron chi connectivity index (χ3n) is 3.45. The van der Waals surface area contributed by atoms with Crippen molar-refractivity contribution in [3.8, 4) is 0 Å². The fourth-order valence-electron chi connectivity index (χ4n) is 2.40. The molecule has 1 fully saturated rings. The maximum atomic E-state index is 11.0. The van der Waals surface area contributed by atoms with Crippen molar-refractivity contribution in [1.29, 1.82) is 0 Å². The fourth-order valence-corrected chi connectivity index (χ4v) is 2.40. The van der Waals surface area contributed by atoms with Gasteiger partial charge < -0.3 is 10.7 Å².